The normalized spacial score (nSPS) is 10.1. The number of halogens is 1. The molecule has 0 aliphatic rings. The van der Waals surface area contributed by atoms with Gasteiger partial charge in [0.2, 0.25) is 5.91 Å². The average Bonchev–Trinajstić information content (AvgIpc) is 2.29. The lowest BCUT2D eigenvalue weighted by atomic mass is 10.4. The van der Waals surface area contributed by atoms with Gasteiger partial charge in [-0.15, -0.1) is 11.8 Å². The van der Waals surface area contributed by atoms with Gasteiger partial charge in [-0.25, -0.2) is 4.39 Å². The van der Waals surface area contributed by atoms with Crippen LogP contribution in [0.3, 0.4) is 0 Å². The second-order valence-corrected chi connectivity index (χ2v) is 4.57. The maximum atomic E-state index is 12.6. The van der Waals surface area contributed by atoms with Gasteiger partial charge in [0, 0.05) is 23.6 Å². The van der Waals surface area contributed by atoms with Crippen molar-refractivity contribution in [3.63, 3.8) is 0 Å². The van der Waals surface area contributed by atoms with Crippen LogP contribution in [0.25, 0.3) is 0 Å². The van der Waals surface area contributed by atoms with Crippen LogP contribution in [-0.2, 0) is 4.79 Å². The number of carbonyl (C=O) groups excluding carboxylic acids is 1. The van der Waals surface area contributed by atoms with Crippen molar-refractivity contribution in [2.45, 2.75) is 24.7 Å². The molecule has 1 N–H and O–H groups in total. The minimum Gasteiger partial charge on any atom is -0.356 e. The highest BCUT2D eigenvalue weighted by molar-refractivity contribution is 7.99. The van der Waals surface area contributed by atoms with Gasteiger partial charge >= 0.3 is 0 Å². The third-order valence-electron chi connectivity index (χ3n) is 1.98. The molecule has 0 heterocycles. The van der Waals surface area contributed by atoms with Crippen molar-refractivity contribution in [2.24, 2.45) is 0 Å². The second kappa shape index (κ2) is 7.28. The maximum Gasteiger partial charge on any atom is 0.220 e. The first-order valence-corrected chi connectivity index (χ1v) is 6.36. The van der Waals surface area contributed by atoms with E-state index in [-0.39, 0.29) is 11.7 Å². The fourth-order valence-electron chi connectivity index (χ4n) is 1.15. The SMILES string of the molecule is CCCNC(=O)CCSc1ccc(F)cc1. The van der Waals surface area contributed by atoms with E-state index in [1.54, 1.807) is 23.9 Å². The summed E-state index contributed by atoms with van der Waals surface area (Å²) in [4.78, 5) is 12.3. The van der Waals surface area contributed by atoms with E-state index in [4.69, 9.17) is 0 Å². The average molecular weight is 241 g/mol. The van der Waals surface area contributed by atoms with Gasteiger partial charge in [0.25, 0.3) is 0 Å². The number of benzene rings is 1. The van der Waals surface area contributed by atoms with Crippen LogP contribution >= 0.6 is 11.8 Å². The highest BCUT2D eigenvalue weighted by atomic mass is 32.2. The molecule has 1 aromatic rings. The number of carbonyl (C=O) groups is 1. The molecule has 0 radical (unpaired) electrons. The fraction of sp³-hybridized carbons (Fsp3) is 0.417. The van der Waals surface area contributed by atoms with E-state index in [1.807, 2.05) is 6.92 Å². The van der Waals surface area contributed by atoms with E-state index in [0.29, 0.717) is 6.42 Å². The molecule has 1 amide bonds. The van der Waals surface area contributed by atoms with E-state index < -0.39 is 0 Å². The summed E-state index contributed by atoms with van der Waals surface area (Å²) in [5.41, 5.74) is 0. The summed E-state index contributed by atoms with van der Waals surface area (Å²) in [5.74, 6) is 0.572. The Balaban J connectivity index is 2.20. The smallest absolute Gasteiger partial charge is 0.220 e. The largest absolute Gasteiger partial charge is 0.356 e. The summed E-state index contributed by atoms with van der Waals surface area (Å²) in [6.45, 7) is 2.76. The molecule has 0 spiro atoms. The van der Waals surface area contributed by atoms with Gasteiger partial charge in [0.15, 0.2) is 0 Å². The molecule has 1 aromatic carbocycles. The molecule has 0 aromatic heterocycles. The summed E-state index contributed by atoms with van der Waals surface area (Å²) in [6, 6.07) is 6.31. The minimum absolute atomic E-state index is 0.0801. The van der Waals surface area contributed by atoms with Gasteiger partial charge in [-0.2, -0.15) is 0 Å². The molecule has 0 atom stereocenters. The third kappa shape index (κ3) is 5.16. The number of nitrogens with one attached hydrogen (secondary N) is 1. The molecule has 0 fully saturated rings. The molecule has 2 nitrogen and oxygen atoms in total. The van der Waals surface area contributed by atoms with Gasteiger partial charge in [-0.1, -0.05) is 6.92 Å². The Hall–Kier alpha value is -1.03. The van der Waals surface area contributed by atoms with Crippen LogP contribution in [0, 0.1) is 5.82 Å². The first-order valence-electron chi connectivity index (χ1n) is 5.37. The summed E-state index contributed by atoms with van der Waals surface area (Å²) < 4.78 is 12.6. The number of hydrogen-bond donors (Lipinski definition) is 1. The molecule has 0 saturated carbocycles. The standard InChI is InChI=1S/C12H16FNOS/c1-2-8-14-12(15)7-9-16-11-5-3-10(13)4-6-11/h3-6H,2,7-9H2,1H3,(H,14,15). The molecular formula is C12H16FNOS. The lowest BCUT2D eigenvalue weighted by molar-refractivity contribution is -0.120. The van der Waals surface area contributed by atoms with Crippen molar-refractivity contribution < 1.29 is 9.18 Å². The Morgan fingerprint density at radius 2 is 2.06 bits per heavy atom. The molecule has 1 rings (SSSR count). The Bertz CT molecular complexity index is 326. The number of thioether (sulfide) groups is 1. The monoisotopic (exact) mass is 241 g/mol. The molecule has 0 bridgehead atoms. The van der Waals surface area contributed by atoms with Gasteiger partial charge < -0.3 is 5.32 Å². The third-order valence-corrected chi connectivity index (χ3v) is 3.00. The zero-order chi connectivity index (χ0) is 11.8. The van der Waals surface area contributed by atoms with Gasteiger partial charge in [-0.05, 0) is 30.7 Å². The van der Waals surface area contributed by atoms with Crippen LogP contribution in [-0.4, -0.2) is 18.2 Å². The topological polar surface area (TPSA) is 29.1 Å². The van der Waals surface area contributed by atoms with Gasteiger partial charge in [-0.3, -0.25) is 4.79 Å². The molecule has 4 heteroatoms. The zero-order valence-corrected chi connectivity index (χ0v) is 10.1. The molecule has 0 aliphatic carbocycles. The summed E-state index contributed by atoms with van der Waals surface area (Å²) >= 11 is 1.56. The Morgan fingerprint density at radius 1 is 1.38 bits per heavy atom. The van der Waals surface area contributed by atoms with E-state index >= 15 is 0 Å². The van der Waals surface area contributed by atoms with Crippen LogP contribution in [0.15, 0.2) is 29.2 Å². The van der Waals surface area contributed by atoms with Crippen molar-refractivity contribution in [1.82, 2.24) is 5.32 Å². The van der Waals surface area contributed by atoms with Crippen molar-refractivity contribution >= 4 is 17.7 Å². The van der Waals surface area contributed by atoms with Crippen molar-refractivity contribution in [1.29, 1.82) is 0 Å². The van der Waals surface area contributed by atoms with Crippen LogP contribution in [0.4, 0.5) is 4.39 Å². The Kier molecular flexibility index (Phi) is 5.93. The van der Waals surface area contributed by atoms with Crippen LogP contribution in [0.2, 0.25) is 0 Å². The summed E-state index contributed by atoms with van der Waals surface area (Å²) in [7, 11) is 0. The first-order chi connectivity index (χ1) is 7.72. The summed E-state index contributed by atoms with van der Waals surface area (Å²) in [5, 5.41) is 2.82. The zero-order valence-electron chi connectivity index (χ0n) is 9.33. The molecular weight excluding hydrogens is 225 g/mol. The van der Waals surface area contributed by atoms with Crippen LogP contribution < -0.4 is 5.32 Å². The Morgan fingerprint density at radius 3 is 2.69 bits per heavy atom. The van der Waals surface area contributed by atoms with E-state index in [1.165, 1.54) is 12.1 Å². The molecule has 0 aliphatic heterocycles. The van der Waals surface area contributed by atoms with E-state index in [9.17, 15) is 9.18 Å². The van der Waals surface area contributed by atoms with Gasteiger partial charge in [0.05, 0.1) is 0 Å². The van der Waals surface area contributed by atoms with E-state index in [0.717, 1.165) is 23.6 Å². The highest BCUT2D eigenvalue weighted by Gasteiger charge is 2.00. The van der Waals surface area contributed by atoms with Crippen molar-refractivity contribution in [2.75, 3.05) is 12.3 Å². The summed E-state index contributed by atoms with van der Waals surface area (Å²) in [6.07, 6.45) is 1.46. The molecule has 0 saturated heterocycles. The number of rotatable bonds is 6. The molecule has 16 heavy (non-hydrogen) atoms. The second-order valence-electron chi connectivity index (χ2n) is 3.40. The minimum atomic E-state index is -0.231. The van der Waals surface area contributed by atoms with Crippen LogP contribution in [0.1, 0.15) is 19.8 Å². The first kappa shape index (κ1) is 13.0. The van der Waals surface area contributed by atoms with Crippen molar-refractivity contribution in [3.8, 4) is 0 Å². The molecule has 0 unspecified atom stereocenters. The number of hydrogen-bond acceptors (Lipinski definition) is 2. The van der Waals surface area contributed by atoms with Crippen molar-refractivity contribution in [3.05, 3.63) is 30.1 Å². The lowest BCUT2D eigenvalue weighted by Gasteiger charge is -2.03. The number of amides is 1. The quantitative estimate of drug-likeness (QED) is 0.776. The maximum absolute atomic E-state index is 12.6. The Labute approximate surface area is 99.6 Å². The predicted octanol–water partition coefficient (Wildman–Crippen LogP) is 2.83. The fourth-order valence-corrected chi connectivity index (χ4v) is 2.00. The van der Waals surface area contributed by atoms with E-state index in [2.05, 4.69) is 5.32 Å². The molecule has 88 valence electrons. The van der Waals surface area contributed by atoms with Crippen LogP contribution in [0.5, 0.6) is 0 Å². The van der Waals surface area contributed by atoms with Gasteiger partial charge in [0.1, 0.15) is 5.82 Å². The lowest BCUT2D eigenvalue weighted by Crippen LogP contribution is -2.24. The predicted molar refractivity (Wildman–Crippen MR) is 65.0 cm³/mol. The highest BCUT2D eigenvalue weighted by Crippen LogP contribution is 2.18.